The minimum absolute atomic E-state index is 0.0431. The van der Waals surface area contributed by atoms with Gasteiger partial charge in [0.15, 0.2) is 0 Å². The second-order valence-corrected chi connectivity index (χ2v) is 9.60. The molecule has 0 heterocycles. The average Bonchev–Trinajstić information content (AvgIpc) is 3.48. The van der Waals surface area contributed by atoms with Crippen LogP contribution in [0.15, 0.2) is 23.8 Å². The summed E-state index contributed by atoms with van der Waals surface area (Å²) in [6.45, 7) is 2.16. The molecule has 4 aliphatic carbocycles. The van der Waals surface area contributed by atoms with E-state index in [2.05, 4.69) is 25.2 Å². The molecule has 0 saturated heterocycles. The number of hydrogen-bond acceptors (Lipinski definition) is 1. The summed E-state index contributed by atoms with van der Waals surface area (Å²) < 4.78 is 0. The van der Waals surface area contributed by atoms with Crippen LogP contribution in [0.3, 0.4) is 0 Å². The Hall–Kier alpha value is -0.560. The molecule has 25 heavy (non-hydrogen) atoms. The molecule has 0 amide bonds. The summed E-state index contributed by atoms with van der Waals surface area (Å²) in [6, 6.07) is 0. The summed E-state index contributed by atoms with van der Waals surface area (Å²) in [4.78, 5) is 0. The average molecular weight is 343 g/mol. The predicted octanol–water partition coefficient (Wildman–Crippen LogP) is 6.28. The van der Waals surface area contributed by atoms with Crippen molar-refractivity contribution in [3.05, 3.63) is 23.8 Å². The smallest absolute Gasteiger partial charge is 0.0608 e. The highest BCUT2D eigenvalue weighted by atomic mass is 16.3. The van der Waals surface area contributed by atoms with Crippen LogP contribution in [0.25, 0.3) is 0 Å². The van der Waals surface area contributed by atoms with Crippen molar-refractivity contribution in [2.75, 3.05) is 0 Å². The molecule has 0 radical (unpaired) electrons. The topological polar surface area (TPSA) is 20.2 Å². The van der Waals surface area contributed by atoms with Gasteiger partial charge in [0.2, 0.25) is 0 Å². The third-order valence-electron chi connectivity index (χ3n) is 8.06. The molecule has 1 heteroatoms. The Morgan fingerprint density at radius 1 is 0.840 bits per heavy atom. The van der Waals surface area contributed by atoms with Crippen molar-refractivity contribution < 1.29 is 5.11 Å². The summed E-state index contributed by atoms with van der Waals surface area (Å²) in [7, 11) is 0. The molecule has 4 unspecified atom stereocenters. The maximum absolute atomic E-state index is 10.7. The minimum Gasteiger partial charge on any atom is -0.392 e. The second-order valence-electron chi connectivity index (χ2n) is 9.60. The molecule has 140 valence electrons. The lowest BCUT2D eigenvalue weighted by Gasteiger charge is -2.39. The summed E-state index contributed by atoms with van der Waals surface area (Å²) in [5, 5.41) is 10.7. The van der Waals surface area contributed by atoms with Gasteiger partial charge in [-0.2, -0.15) is 0 Å². The van der Waals surface area contributed by atoms with Crippen molar-refractivity contribution in [1.29, 1.82) is 0 Å². The van der Waals surface area contributed by atoms with E-state index in [0.29, 0.717) is 5.92 Å². The van der Waals surface area contributed by atoms with Crippen molar-refractivity contribution in [1.82, 2.24) is 0 Å². The maximum Gasteiger partial charge on any atom is 0.0608 e. The normalized spacial score (nSPS) is 43.2. The van der Waals surface area contributed by atoms with Crippen molar-refractivity contribution in [2.45, 2.75) is 90.1 Å². The van der Waals surface area contributed by atoms with E-state index in [4.69, 9.17) is 0 Å². The number of aliphatic hydroxyl groups excluding tert-OH is 1. The van der Waals surface area contributed by atoms with Crippen LogP contribution in [0.4, 0.5) is 0 Å². The molecule has 0 aromatic rings. The number of rotatable bonds is 4. The van der Waals surface area contributed by atoms with E-state index in [1.54, 1.807) is 5.57 Å². The molecule has 0 aliphatic heterocycles. The van der Waals surface area contributed by atoms with Crippen LogP contribution in [0.5, 0.6) is 0 Å². The quantitative estimate of drug-likeness (QED) is 0.596. The fourth-order valence-electron chi connectivity index (χ4n) is 6.33. The molecular formula is C24H38O. The zero-order chi connectivity index (χ0) is 17.2. The Labute approximate surface area is 155 Å². The van der Waals surface area contributed by atoms with Gasteiger partial charge < -0.3 is 5.11 Å². The van der Waals surface area contributed by atoms with E-state index in [-0.39, 0.29) is 6.10 Å². The Kier molecular flexibility index (Phi) is 5.70. The maximum atomic E-state index is 10.7. The summed E-state index contributed by atoms with van der Waals surface area (Å²) in [5.74, 6) is 5.06. The van der Waals surface area contributed by atoms with Gasteiger partial charge in [-0.25, -0.2) is 0 Å². The lowest BCUT2D eigenvalue weighted by atomic mass is 9.68. The molecule has 4 atom stereocenters. The van der Waals surface area contributed by atoms with Crippen LogP contribution < -0.4 is 0 Å². The first-order chi connectivity index (χ1) is 12.2. The molecule has 1 N–H and O–H groups in total. The van der Waals surface area contributed by atoms with Gasteiger partial charge in [0.25, 0.3) is 0 Å². The minimum atomic E-state index is -0.0431. The third-order valence-corrected chi connectivity index (χ3v) is 8.06. The molecule has 0 aromatic heterocycles. The Morgan fingerprint density at radius 3 is 2.12 bits per heavy atom. The highest BCUT2D eigenvalue weighted by molar-refractivity contribution is 5.14. The molecule has 3 fully saturated rings. The summed E-state index contributed by atoms with van der Waals surface area (Å²) in [5.41, 5.74) is 1.63. The Balaban J connectivity index is 1.27. The standard InChI is InChI=1S/C24H38O/c1-2-3-17-4-6-18(7-5-17)19-10-12-21(13-11-19)23-15-14-22(16-24(23)25)20-8-9-20/h2-3,12,17-20,22-25H,4-11,13-16H2,1H3/b3-2+. The van der Waals surface area contributed by atoms with E-state index in [0.717, 1.165) is 36.0 Å². The lowest BCUT2D eigenvalue weighted by molar-refractivity contribution is 0.0517. The van der Waals surface area contributed by atoms with Gasteiger partial charge in [-0.1, -0.05) is 23.8 Å². The van der Waals surface area contributed by atoms with Crippen LogP contribution in [0.2, 0.25) is 0 Å². The van der Waals surface area contributed by atoms with Gasteiger partial charge in [0.1, 0.15) is 0 Å². The van der Waals surface area contributed by atoms with E-state index in [9.17, 15) is 5.11 Å². The summed E-state index contributed by atoms with van der Waals surface area (Å²) >= 11 is 0. The SMILES string of the molecule is C/C=C/C1CCC(C2CC=C(C3CCC(C4CC4)CC3O)CC2)CC1. The highest BCUT2D eigenvalue weighted by Gasteiger charge is 2.39. The van der Waals surface area contributed by atoms with Crippen molar-refractivity contribution in [2.24, 2.45) is 35.5 Å². The van der Waals surface area contributed by atoms with E-state index < -0.39 is 0 Å². The molecule has 0 bridgehead atoms. The molecular weight excluding hydrogens is 304 g/mol. The first kappa shape index (κ1) is 17.8. The third kappa shape index (κ3) is 4.24. The van der Waals surface area contributed by atoms with Gasteiger partial charge in [-0.3, -0.25) is 0 Å². The number of allylic oxidation sites excluding steroid dienone is 3. The van der Waals surface area contributed by atoms with Crippen LogP contribution in [0.1, 0.15) is 84.0 Å². The molecule has 0 aromatic carbocycles. The van der Waals surface area contributed by atoms with Crippen molar-refractivity contribution in [3.63, 3.8) is 0 Å². The molecule has 4 rings (SSSR count). The fraction of sp³-hybridized carbons (Fsp3) is 0.833. The highest BCUT2D eigenvalue weighted by Crippen LogP contribution is 2.48. The fourth-order valence-corrected chi connectivity index (χ4v) is 6.33. The van der Waals surface area contributed by atoms with Crippen LogP contribution >= 0.6 is 0 Å². The largest absolute Gasteiger partial charge is 0.392 e. The van der Waals surface area contributed by atoms with E-state index in [1.165, 1.54) is 70.6 Å². The first-order valence-corrected chi connectivity index (χ1v) is 11.2. The summed E-state index contributed by atoms with van der Waals surface area (Å²) in [6.07, 6.45) is 23.4. The van der Waals surface area contributed by atoms with Gasteiger partial charge in [-0.15, -0.1) is 0 Å². The lowest BCUT2D eigenvalue weighted by Crippen LogP contribution is -2.33. The zero-order valence-electron chi connectivity index (χ0n) is 16.2. The van der Waals surface area contributed by atoms with E-state index in [1.807, 2.05) is 0 Å². The van der Waals surface area contributed by atoms with Gasteiger partial charge in [0.05, 0.1) is 6.10 Å². The molecule has 0 spiro atoms. The second kappa shape index (κ2) is 7.99. The monoisotopic (exact) mass is 342 g/mol. The molecule has 3 saturated carbocycles. The predicted molar refractivity (Wildman–Crippen MR) is 105 cm³/mol. The molecule has 1 nitrogen and oxygen atoms in total. The first-order valence-electron chi connectivity index (χ1n) is 11.2. The van der Waals surface area contributed by atoms with Crippen LogP contribution in [-0.4, -0.2) is 11.2 Å². The van der Waals surface area contributed by atoms with Gasteiger partial charge >= 0.3 is 0 Å². The van der Waals surface area contributed by atoms with Crippen LogP contribution in [0, 0.1) is 35.5 Å². The van der Waals surface area contributed by atoms with Gasteiger partial charge in [0, 0.05) is 5.92 Å². The zero-order valence-corrected chi connectivity index (χ0v) is 16.2. The van der Waals surface area contributed by atoms with Crippen molar-refractivity contribution in [3.8, 4) is 0 Å². The molecule has 4 aliphatic rings. The van der Waals surface area contributed by atoms with Crippen molar-refractivity contribution >= 4 is 0 Å². The Bertz CT molecular complexity index is 492. The number of hydrogen-bond donors (Lipinski definition) is 1. The Morgan fingerprint density at radius 2 is 1.52 bits per heavy atom. The number of aliphatic hydroxyl groups is 1. The van der Waals surface area contributed by atoms with E-state index >= 15 is 0 Å². The van der Waals surface area contributed by atoms with Gasteiger partial charge in [-0.05, 0) is 114 Å². The van der Waals surface area contributed by atoms with Crippen LogP contribution in [-0.2, 0) is 0 Å².